The highest BCUT2D eigenvalue weighted by Crippen LogP contribution is 2.29. The number of carbonyl (C=O) groups excluding carboxylic acids is 1. The number of morpholine rings is 1. The molecule has 132 valence electrons. The standard InChI is InChI=1S/C17H20N4O4/c1-10-6-4-5-7-13(10)14-8-20(11(2)9-25-14)17(22)15-16(21(23)24)12(3)18-19-15/h4-7,11,14H,8-9H2,1-3H3,(H,18,19)/t11-,14-/m1/s1. The average molecular weight is 344 g/mol. The van der Waals surface area contributed by atoms with E-state index in [1.165, 1.54) is 6.92 Å². The fourth-order valence-electron chi connectivity index (χ4n) is 3.11. The molecule has 1 aromatic heterocycles. The number of ether oxygens (including phenoxy) is 1. The lowest BCUT2D eigenvalue weighted by Gasteiger charge is -2.38. The minimum absolute atomic E-state index is 0.153. The predicted molar refractivity (Wildman–Crippen MR) is 90.3 cm³/mol. The van der Waals surface area contributed by atoms with E-state index in [9.17, 15) is 14.9 Å². The van der Waals surface area contributed by atoms with Crippen LogP contribution in [0.15, 0.2) is 24.3 Å². The molecular weight excluding hydrogens is 324 g/mol. The van der Waals surface area contributed by atoms with Crippen LogP contribution < -0.4 is 0 Å². The van der Waals surface area contributed by atoms with E-state index in [0.29, 0.717) is 13.2 Å². The number of H-pyrrole nitrogens is 1. The summed E-state index contributed by atoms with van der Waals surface area (Å²) in [6.07, 6.45) is -0.263. The first-order chi connectivity index (χ1) is 11.9. The van der Waals surface area contributed by atoms with Gasteiger partial charge in [-0.05, 0) is 31.9 Å². The number of nitrogens with zero attached hydrogens (tertiary/aromatic N) is 3. The van der Waals surface area contributed by atoms with Crippen LogP contribution in [0.4, 0.5) is 5.69 Å². The summed E-state index contributed by atoms with van der Waals surface area (Å²) >= 11 is 0. The van der Waals surface area contributed by atoms with Gasteiger partial charge in [-0.1, -0.05) is 24.3 Å². The molecule has 0 aliphatic carbocycles. The van der Waals surface area contributed by atoms with Gasteiger partial charge in [0.15, 0.2) is 0 Å². The minimum atomic E-state index is -0.573. The molecule has 1 fully saturated rings. The molecule has 2 aromatic rings. The summed E-state index contributed by atoms with van der Waals surface area (Å²) in [6.45, 7) is 6.07. The lowest BCUT2D eigenvalue weighted by atomic mass is 10.0. The minimum Gasteiger partial charge on any atom is -0.370 e. The summed E-state index contributed by atoms with van der Waals surface area (Å²) in [5.41, 5.74) is 1.94. The average Bonchev–Trinajstić information content (AvgIpc) is 2.97. The number of hydrogen-bond acceptors (Lipinski definition) is 5. The number of nitro groups is 1. The van der Waals surface area contributed by atoms with E-state index in [2.05, 4.69) is 10.2 Å². The van der Waals surface area contributed by atoms with Gasteiger partial charge in [0.05, 0.1) is 24.1 Å². The van der Waals surface area contributed by atoms with E-state index in [0.717, 1.165) is 11.1 Å². The van der Waals surface area contributed by atoms with Crippen LogP contribution in [-0.4, -0.2) is 45.1 Å². The van der Waals surface area contributed by atoms with Crippen molar-refractivity contribution in [3.8, 4) is 0 Å². The Hall–Kier alpha value is -2.74. The molecule has 2 atom stereocenters. The first kappa shape index (κ1) is 17.1. The van der Waals surface area contributed by atoms with E-state index in [-0.39, 0.29) is 29.2 Å². The number of benzene rings is 1. The highest BCUT2D eigenvalue weighted by molar-refractivity contribution is 5.96. The molecule has 0 radical (unpaired) electrons. The molecule has 0 unspecified atom stereocenters. The van der Waals surface area contributed by atoms with Gasteiger partial charge in [-0.25, -0.2) is 0 Å². The van der Waals surface area contributed by atoms with E-state index < -0.39 is 10.8 Å². The molecule has 1 aromatic carbocycles. The van der Waals surface area contributed by atoms with E-state index in [1.807, 2.05) is 38.1 Å². The molecular formula is C17H20N4O4. The second kappa shape index (κ2) is 6.64. The van der Waals surface area contributed by atoms with Crippen molar-refractivity contribution in [1.29, 1.82) is 0 Å². The number of amides is 1. The fraction of sp³-hybridized carbons (Fsp3) is 0.412. The molecule has 1 saturated heterocycles. The first-order valence-electron chi connectivity index (χ1n) is 8.07. The molecule has 25 heavy (non-hydrogen) atoms. The smallest absolute Gasteiger partial charge is 0.322 e. The van der Waals surface area contributed by atoms with Gasteiger partial charge in [0, 0.05) is 0 Å². The van der Waals surface area contributed by atoms with Gasteiger partial charge in [0.2, 0.25) is 5.69 Å². The first-order valence-corrected chi connectivity index (χ1v) is 8.07. The Balaban J connectivity index is 1.89. The van der Waals surface area contributed by atoms with Crippen molar-refractivity contribution >= 4 is 11.6 Å². The summed E-state index contributed by atoms with van der Waals surface area (Å²) in [5, 5.41) is 17.7. The van der Waals surface area contributed by atoms with Crippen molar-refractivity contribution in [3.05, 3.63) is 56.9 Å². The van der Waals surface area contributed by atoms with Crippen LogP contribution in [0.3, 0.4) is 0 Å². The SMILES string of the molecule is Cc1ccccc1[C@H]1CN(C(=O)c2n[nH]c(C)c2[N+](=O)[O-])[C@H](C)CO1. The molecule has 0 spiro atoms. The highest BCUT2D eigenvalue weighted by atomic mass is 16.6. The largest absolute Gasteiger partial charge is 0.370 e. The third-order valence-electron chi connectivity index (χ3n) is 4.53. The van der Waals surface area contributed by atoms with Gasteiger partial charge in [0.25, 0.3) is 5.91 Å². The van der Waals surface area contributed by atoms with Crippen molar-refractivity contribution in [1.82, 2.24) is 15.1 Å². The van der Waals surface area contributed by atoms with Crippen LogP contribution in [0.25, 0.3) is 0 Å². The third-order valence-corrected chi connectivity index (χ3v) is 4.53. The maximum Gasteiger partial charge on any atom is 0.322 e. The van der Waals surface area contributed by atoms with E-state index in [1.54, 1.807) is 4.90 Å². The zero-order valence-corrected chi connectivity index (χ0v) is 14.4. The number of nitrogens with one attached hydrogen (secondary N) is 1. The lowest BCUT2D eigenvalue weighted by molar-refractivity contribution is -0.385. The molecule has 0 saturated carbocycles. The van der Waals surface area contributed by atoms with Crippen molar-refractivity contribution in [2.75, 3.05) is 13.2 Å². The van der Waals surface area contributed by atoms with Crippen LogP contribution in [0.5, 0.6) is 0 Å². The molecule has 1 aliphatic rings. The molecule has 1 N–H and O–H groups in total. The Kier molecular flexibility index (Phi) is 4.54. The van der Waals surface area contributed by atoms with Crippen molar-refractivity contribution in [2.45, 2.75) is 32.9 Å². The summed E-state index contributed by atoms with van der Waals surface area (Å²) in [6, 6.07) is 7.65. The van der Waals surface area contributed by atoms with Gasteiger partial charge in [-0.2, -0.15) is 5.10 Å². The summed E-state index contributed by atoms with van der Waals surface area (Å²) < 4.78 is 5.90. The van der Waals surface area contributed by atoms with Crippen LogP contribution in [0.1, 0.15) is 40.3 Å². The Morgan fingerprint density at radius 3 is 2.80 bits per heavy atom. The number of aryl methyl sites for hydroxylation is 2. The van der Waals surface area contributed by atoms with Crippen molar-refractivity contribution in [2.24, 2.45) is 0 Å². The highest BCUT2D eigenvalue weighted by Gasteiger charge is 2.36. The van der Waals surface area contributed by atoms with E-state index >= 15 is 0 Å². The molecule has 8 heteroatoms. The number of rotatable bonds is 3. The molecule has 1 aliphatic heterocycles. The summed E-state index contributed by atoms with van der Waals surface area (Å²) in [5.74, 6) is -0.453. The normalized spacial score (nSPS) is 20.5. The van der Waals surface area contributed by atoms with Crippen LogP contribution in [0.2, 0.25) is 0 Å². The van der Waals surface area contributed by atoms with Gasteiger partial charge in [-0.3, -0.25) is 20.0 Å². The lowest BCUT2D eigenvalue weighted by Crippen LogP contribution is -2.48. The van der Waals surface area contributed by atoms with Gasteiger partial charge in [-0.15, -0.1) is 0 Å². The zero-order valence-electron chi connectivity index (χ0n) is 14.4. The molecule has 2 heterocycles. The second-order valence-electron chi connectivity index (χ2n) is 6.29. The van der Waals surface area contributed by atoms with Gasteiger partial charge >= 0.3 is 5.69 Å². The quantitative estimate of drug-likeness (QED) is 0.681. The van der Waals surface area contributed by atoms with Crippen molar-refractivity contribution in [3.63, 3.8) is 0 Å². The molecule has 8 nitrogen and oxygen atoms in total. The summed E-state index contributed by atoms with van der Waals surface area (Å²) in [7, 11) is 0. The van der Waals surface area contributed by atoms with Gasteiger partial charge < -0.3 is 9.64 Å². The number of hydrogen-bond donors (Lipinski definition) is 1. The Morgan fingerprint density at radius 2 is 2.12 bits per heavy atom. The zero-order chi connectivity index (χ0) is 18.1. The monoisotopic (exact) mass is 344 g/mol. The Labute approximate surface area is 144 Å². The molecule has 1 amide bonds. The number of aromatic nitrogens is 2. The van der Waals surface area contributed by atoms with Gasteiger partial charge in [0.1, 0.15) is 11.8 Å². The number of aromatic amines is 1. The Bertz CT molecular complexity index is 817. The topological polar surface area (TPSA) is 101 Å². The fourth-order valence-corrected chi connectivity index (χ4v) is 3.11. The second-order valence-corrected chi connectivity index (χ2v) is 6.29. The van der Waals surface area contributed by atoms with Crippen LogP contribution in [-0.2, 0) is 4.74 Å². The predicted octanol–water partition coefficient (Wildman–Crippen LogP) is 2.54. The Morgan fingerprint density at radius 1 is 1.40 bits per heavy atom. The third kappa shape index (κ3) is 3.12. The maximum atomic E-state index is 12.9. The summed E-state index contributed by atoms with van der Waals surface area (Å²) in [4.78, 5) is 25.2. The van der Waals surface area contributed by atoms with Crippen LogP contribution in [0, 0.1) is 24.0 Å². The molecule has 0 bridgehead atoms. The van der Waals surface area contributed by atoms with E-state index in [4.69, 9.17) is 4.74 Å². The van der Waals surface area contributed by atoms with Crippen molar-refractivity contribution < 1.29 is 14.5 Å². The maximum absolute atomic E-state index is 12.9. The van der Waals surface area contributed by atoms with Crippen LogP contribution >= 0.6 is 0 Å². The number of carbonyl (C=O) groups is 1. The molecule has 3 rings (SSSR count).